The lowest BCUT2D eigenvalue weighted by molar-refractivity contribution is -0.117. The molecular formula is C14H23N3O2. The van der Waals surface area contributed by atoms with Gasteiger partial charge < -0.3 is 16.2 Å². The van der Waals surface area contributed by atoms with E-state index in [1.807, 2.05) is 24.0 Å². The summed E-state index contributed by atoms with van der Waals surface area (Å²) in [5, 5.41) is 12.5. The Morgan fingerprint density at radius 1 is 1.42 bits per heavy atom. The van der Waals surface area contributed by atoms with Crippen LogP contribution in [0.5, 0.6) is 0 Å². The number of amides is 1. The zero-order valence-electron chi connectivity index (χ0n) is 11.8. The predicted molar refractivity (Wildman–Crippen MR) is 77.9 cm³/mol. The second-order valence-electron chi connectivity index (χ2n) is 5.25. The number of carbonyl (C=O) groups excluding carboxylic acids is 1. The van der Waals surface area contributed by atoms with Gasteiger partial charge in [0.15, 0.2) is 0 Å². The molecule has 0 atom stereocenters. The van der Waals surface area contributed by atoms with Crippen molar-refractivity contribution in [2.45, 2.75) is 26.4 Å². The molecule has 0 unspecified atom stereocenters. The van der Waals surface area contributed by atoms with Crippen molar-refractivity contribution in [3.8, 4) is 0 Å². The van der Waals surface area contributed by atoms with Crippen LogP contribution >= 0.6 is 0 Å². The zero-order chi connectivity index (χ0) is 14.5. The van der Waals surface area contributed by atoms with E-state index in [4.69, 9.17) is 5.73 Å². The first kappa shape index (κ1) is 15.5. The van der Waals surface area contributed by atoms with Crippen molar-refractivity contribution in [1.82, 2.24) is 4.90 Å². The summed E-state index contributed by atoms with van der Waals surface area (Å²) in [4.78, 5) is 13.8. The maximum atomic E-state index is 11.9. The number of carbonyl (C=O) groups is 1. The number of aliphatic hydroxyl groups is 1. The summed E-state index contributed by atoms with van der Waals surface area (Å²) in [5.74, 6) is -0.135. The minimum absolute atomic E-state index is 0.135. The molecule has 0 bridgehead atoms. The Labute approximate surface area is 114 Å². The molecule has 19 heavy (non-hydrogen) atoms. The normalized spacial score (nSPS) is 11.6. The number of likely N-dealkylation sites (N-methyl/N-ethyl adjacent to an activating group) is 1. The van der Waals surface area contributed by atoms with Gasteiger partial charge in [0, 0.05) is 6.54 Å². The van der Waals surface area contributed by atoms with E-state index in [0.29, 0.717) is 24.5 Å². The number of hydrogen-bond donors (Lipinski definition) is 3. The number of nitrogens with two attached hydrogens (primary N) is 1. The number of benzene rings is 1. The summed E-state index contributed by atoms with van der Waals surface area (Å²) >= 11 is 0. The zero-order valence-corrected chi connectivity index (χ0v) is 11.8. The minimum Gasteiger partial charge on any atom is -0.397 e. The first-order valence-electron chi connectivity index (χ1n) is 6.41. The summed E-state index contributed by atoms with van der Waals surface area (Å²) in [5.41, 5.74) is 6.11. The van der Waals surface area contributed by atoms with Gasteiger partial charge in [-0.1, -0.05) is 19.1 Å². The molecule has 0 radical (unpaired) electrons. The lowest BCUT2D eigenvalue weighted by atomic mass is 10.1. The number of nitrogens with one attached hydrogen (secondary N) is 1. The van der Waals surface area contributed by atoms with E-state index >= 15 is 0 Å². The Bertz CT molecular complexity index is 427. The summed E-state index contributed by atoms with van der Waals surface area (Å²) in [6, 6.07) is 7.14. The SMILES string of the molecule is CCN(CC(=O)Nc1ccccc1N)CC(C)(C)O. The van der Waals surface area contributed by atoms with Crippen LogP contribution in [-0.2, 0) is 4.79 Å². The van der Waals surface area contributed by atoms with Crippen molar-refractivity contribution < 1.29 is 9.90 Å². The number of nitrogens with zero attached hydrogens (tertiary/aromatic N) is 1. The van der Waals surface area contributed by atoms with E-state index in [2.05, 4.69) is 5.32 Å². The summed E-state index contributed by atoms with van der Waals surface area (Å²) in [6.07, 6.45) is 0. The lowest BCUT2D eigenvalue weighted by Crippen LogP contribution is -2.42. The van der Waals surface area contributed by atoms with E-state index in [0.717, 1.165) is 0 Å². The van der Waals surface area contributed by atoms with E-state index in [9.17, 15) is 9.90 Å². The molecule has 1 aromatic rings. The van der Waals surface area contributed by atoms with Crippen molar-refractivity contribution in [1.29, 1.82) is 0 Å². The van der Waals surface area contributed by atoms with Gasteiger partial charge >= 0.3 is 0 Å². The molecule has 0 aliphatic heterocycles. The average Bonchev–Trinajstić information content (AvgIpc) is 2.29. The lowest BCUT2D eigenvalue weighted by Gasteiger charge is -2.27. The fourth-order valence-corrected chi connectivity index (χ4v) is 1.83. The highest BCUT2D eigenvalue weighted by atomic mass is 16.3. The van der Waals surface area contributed by atoms with Gasteiger partial charge in [-0.05, 0) is 32.5 Å². The van der Waals surface area contributed by atoms with Crippen LogP contribution in [0.2, 0.25) is 0 Å². The Kier molecular flexibility index (Phi) is 5.32. The Morgan fingerprint density at radius 2 is 2.05 bits per heavy atom. The molecule has 0 aromatic heterocycles. The first-order chi connectivity index (χ1) is 8.81. The van der Waals surface area contributed by atoms with E-state index in [1.54, 1.807) is 26.0 Å². The molecule has 0 saturated carbocycles. The highest BCUT2D eigenvalue weighted by Crippen LogP contribution is 2.16. The average molecular weight is 265 g/mol. The highest BCUT2D eigenvalue weighted by Gasteiger charge is 2.19. The van der Waals surface area contributed by atoms with Crippen LogP contribution in [0.3, 0.4) is 0 Å². The number of para-hydroxylation sites is 2. The number of anilines is 2. The molecule has 0 fully saturated rings. The maximum Gasteiger partial charge on any atom is 0.238 e. The van der Waals surface area contributed by atoms with Crippen LogP contribution < -0.4 is 11.1 Å². The third-order valence-electron chi connectivity index (χ3n) is 2.66. The Hall–Kier alpha value is -1.59. The summed E-state index contributed by atoms with van der Waals surface area (Å²) in [7, 11) is 0. The molecule has 0 heterocycles. The van der Waals surface area contributed by atoms with Crippen LogP contribution in [0.4, 0.5) is 11.4 Å². The molecule has 1 aromatic carbocycles. The Morgan fingerprint density at radius 3 is 2.58 bits per heavy atom. The molecule has 106 valence electrons. The van der Waals surface area contributed by atoms with Crippen molar-refractivity contribution in [2.75, 3.05) is 30.7 Å². The minimum atomic E-state index is -0.817. The summed E-state index contributed by atoms with van der Waals surface area (Å²) in [6.45, 7) is 6.78. The van der Waals surface area contributed by atoms with Gasteiger partial charge in [-0.2, -0.15) is 0 Å². The fraction of sp³-hybridized carbons (Fsp3) is 0.500. The molecule has 1 amide bonds. The van der Waals surface area contributed by atoms with Gasteiger partial charge in [0.25, 0.3) is 0 Å². The van der Waals surface area contributed by atoms with Gasteiger partial charge in [-0.3, -0.25) is 9.69 Å². The van der Waals surface area contributed by atoms with Gasteiger partial charge in [0.1, 0.15) is 0 Å². The topological polar surface area (TPSA) is 78.6 Å². The third-order valence-corrected chi connectivity index (χ3v) is 2.66. The maximum absolute atomic E-state index is 11.9. The van der Waals surface area contributed by atoms with Crippen LogP contribution in [0.1, 0.15) is 20.8 Å². The third kappa shape index (κ3) is 5.72. The van der Waals surface area contributed by atoms with Gasteiger partial charge in [-0.15, -0.1) is 0 Å². The number of hydrogen-bond acceptors (Lipinski definition) is 4. The monoisotopic (exact) mass is 265 g/mol. The van der Waals surface area contributed by atoms with Crippen molar-refractivity contribution in [2.24, 2.45) is 0 Å². The molecule has 1 rings (SSSR count). The molecule has 0 aliphatic carbocycles. The molecule has 4 N–H and O–H groups in total. The number of rotatable bonds is 6. The molecule has 5 heteroatoms. The van der Waals surface area contributed by atoms with Crippen molar-refractivity contribution in [3.05, 3.63) is 24.3 Å². The fourth-order valence-electron chi connectivity index (χ4n) is 1.83. The van der Waals surface area contributed by atoms with Crippen LogP contribution in [0.25, 0.3) is 0 Å². The highest BCUT2D eigenvalue weighted by molar-refractivity contribution is 5.95. The van der Waals surface area contributed by atoms with E-state index in [-0.39, 0.29) is 12.5 Å². The van der Waals surface area contributed by atoms with E-state index in [1.165, 1.54) is 0 Å². The van der Waals surface area contributed by atoms with Crippen LogP contribution in [0.15, 0.2) is 24.3 Å². The van der Waals surface area contributed by atoms with Gasteiger partial charge in [0.2, 0.25) is 5.91 Å². The molecular weight excluding hydrogens is 242 g/mol. The van der Waals surface area contributed by atoms with Crippen molar-refractivity contribution in [3.63, 3.8) is 0 Å². The quantitative estimate of drug-likeness (QED) is 0.677. The first-order valence-corrected chi connectivity index (χ1v) is 6.41. The molecule has 5 nitrogen and oxygen atoms in total. The standard InChI is InChI=1S/C14H23N3O2/c1-4-17(10-14(2,3)19)9-13(18)16-12-8-6-5-7-11(12)15/h5-8,19H,4,9-10,15H2,1-3H3,(H,16,18). The second kappa shape index (κ2) is 6.54. The molecule has 0 spiro atoms. The number of nitrogen functional groups attached to an aromatic ring is 1. The van der Waals surface area contributed by atoms with Crippen LogP contribution in [0, 0.1) is 0 Å². The van der Waals surface area contributed by atoms with Gasteiger partial charge in [0.05, 0.1) is 23.5 Å². The molecule has 0 saturated heterocycles. The van der Waals surface area contributed by atoms with E-state index < -0.39 is 5.60 Å². The van der Waals surface area contributed by atoms with Crippen LogP contribution in [-0.4, -0.2) is 41.1 Å². The van der Waals surface area contributed by atoms with Crippen molar-refractivity contribution >= 4 is 17.3 Å². The van der Waals surface area contributed by atoms with Gasteiger partial charge in [-0.25, -0.2) is 0 Å². The predicted octanol–water partition coefficient (Wildman–Crippen LogP) is 1.30. The molecule has 0 aliphatic rings. The second-order valence-corrected chi connectivity index (χ2v) is 5.25. The Balaban J connectivity index is 2.57. The summed E-state index contributed by atoms with van der Waals surface area (Å²) < 4.78 is 0. The smallest absolute Gasteiger partial charge is 0.238 e. The largest absolute Gasteiger partial charge is 0.397 e.